The molecule has 0 bridgehead atoms. The van der Waals surface area contributed by atoms with Crippen LogP contribution in [0.2, 0.25) is 0 Å². The van der Waals surface area contributed by atoms with Gasteiger partial charge in [-0.1, -0.05) is 56.3 Å². The number of piperidine rings is 1. The number of ether oxygens (including phenoxy) is 1. The van der Waals surface area contributed by atoms with Gasteiger partial charge in [-0.05, 0) is 99.9 Å². The van der Waals surface area contributed by atoms with Crippen molar-refractivity contribution in [2.75, 3.05) is 18.0 Å². The maximum absolute atomic E-state index is 14.1. The topological polar surface area (TPSA) is 83.0 Å². The Balaban J connectivity index is 1.56. The first-order valence-corrected chi connectivity index (χ1v) is 17.1. The van der Waals surface area contributed by atoms with Gasteiger partial charge in [0, 0.05) is 54.3 Å². The largest absolute Gasteiger partial charge is 0.479 e. The number of aryl methyl sites for hydroxylation is 2. The van der Waals surface area contributed by atoms with Crippen molar-refractivity contribution in [3.63, 3.8) is 0 Å². The molecule has 0 unspecified atom stereocenters. The van der Waals surface area contributed by atoms with E-state index in [9.17, 15) is 23.5 Å². The van der Waals surface area contributed by atoms with Crippen molar-refractivity contribution < 1.29 is 28.2 Å². The van der Waals surface area contributed by atoms with Crippen LogP contribution in [0.15, 0.2) is 72.8 Å². The molecule has 1 aliphatic rings. The molecule has 4 aromatic rings. The molecule has 1 atom stereocenters. The Bertz CT molecular complexity index is 1840. The maximum Gasteiger partial charge on any atom is 0.337 e. The van der Waals surface area contributed by atoms with Crippen LogP contribution in [0, 0.1) is 30.9 Å². The Morgan fingerprint density at radius 2 is 1.48 bits per heavy atom. The van der Waals surface area contributed by atoms with Crippen LogP contribution in [0.1, 0.15) is 92.0 Å². The zero-order chi connectivity index (χ0) is 36.4. The van der Waals surface area contributed by atoms with Gasteiger partial charge in [0.05, 0.1) is 11.3 Å². The minimum absolute atomic E-state index is 0.173. The number of nitrogens with zero attached hydrogens (tertiary/aromatic N) is 3. The SMILES string of the molecule is Cc1nc(C)c([C@H](OC(C)(C)C)C(=O)O)c(N2CCC(C)(C)CC2)c1-c1ccc(CN(Cc2ccc(F)cc2)C(=O)c2cccc(F)c2)cc1. The molecule has 0 spiro atoms. The van der Waals surface area contributed by atoms with E-state index in [1.54, 1.807) is 23.1 Å². The zero-order valence-corrected chi connectivity index (χ0v) is 30.0. The third kappa shape index (κ3) is 8.74. The molecule has 50 heavy (non-hydrogen) atoms. The second kappa shape index (κ2) is 14.7. The number of amides is 1. The number of hydrogen-bond acceptors (Lipinski definition) is 5. The van der Waals surface area contributed by atoms with Crippen molar-refractivity contribution in [1.29, 1.82) is 0 Å². The first-order valence-electron chi connectivity index (χ1n) is 17.1. The van der Waals surface area contributed by atoms with Gasteiger partial charge in [0.2, 0.25) is 0 Å². The first kappa shape index (κ1) is 36.6. The number of carboxylic acid groups (broad SMARTS) is 1. The lowest BCUT2D eigenvalue weighted by Crippen LogP contribution is -2.39. The lowest BCUT2D eigenvalue weighted by atomic mass is 9.81. The van der Waals surface area contributed by atoms with Gasteiger partial charge < -0.3 is 19.6 Å². The van der Waals surface area contributed by atoms with E-state index >= 15 is 0 Å². The molecule has 0 saturated carbocycles. The summed E-state index contributed by atoms with van der Waals surface area (Å²) >= 11 is 0. The highest BCUT2D eigenvalue weighted by Crippen LogP contribution is 2.45. The van der Waals surface area contributed by atoms with Crippen molar-refractivity contribution >= 4 is 17.6 Å². The van der Waals surface area contributed by atoms with Crippen LogP contribution in [0.4, 0.5) is 14.5 Å². The Kier molecular flexibility index (Phi) is 10.8. The highest BCUT2D eigenvalue weighted by Gasteiger charge is 2.36. The molecule has 1 fully saturated rings. The number of aromatic nitrogens is 1. The molecular weight excluding hydrogens is 636 g/mol. The van der Waals surface area contributed by atoms with E-state index in [0.29, 0.717) is 11.3 Å². The molecule has 1 aliphatic heterocycles. The molecule has 2 heterocycles. The fraction of sp³-hybridized carbons (Fsp3) is 0.390. The van der Waals surface area contributed by atoms with Crippen molar-refractivity contribution in [1.82, 2.24) is 9.88 Å². The Morgan fingerprint density at radius 3 is 2.02 bits per heavy atom. The van der Waals surface area contributed by atoms with Crippen LogP contribution < -0.4 is 4.90 Å². The van der Waals surface area contributed by atoms with Gasteiger partial charge in [-0.25, -0.2) is 13.6 Å². The van der Waals surface area contributed by atoms with Crippen LogP contribution in [0.25, 0.3) is 11.1 Å². The van der Waals surface area contributed by atoms with E-state index in [4.69, 9.17) is 9.72 Å². The number of pyridine rings is 1. The summed E-state index contributed by atoms with van der Waals surface area (Å²) in [5.74, 6) is -2.30. The van der Waals surface area contributed by atoms with E-state index in [-0.39, 0.29) is 35.8 Å². The summed E-state index contributed by atoms with van der Waals surface area (Å²) in [7, 11) is 0. The number of carboxylic acids is 1. The summed E-state index contributed by atoms with van der Waals surface area (Å²) in [6, 6.07) is 19.4. The van der Waals surface area contributed by atoms with E-state index in [0.717, 1.165) is 59.6 Å². The normalized spacial score (nSPS) is 15.1. The van der Waals surface area contributed by atoms with Crippen LogP contribution in [0.5, 0.6) is 0 Å². The molecule has 264 valence electrons. The standard InChI is InChI=1S/C41H47F2N3O4/c1-26-34(36(45-21-19-41(6,7)20-22-45)35(27(2)44-26)37(39(48)49)50-40(3,4)5)30-15-11-28(12-16-30)24-46(25-29-13-17-32(42)18-14-29)38(47)31-9-8-10-33(43)23-31/h8-18,23,37H,19-22,24-25H2,1-7H3,(H,48,49)/t37-/m0/s1. The summed E-state index contributed by atoms with van der Waals surface area (Å²) in [5.41, 5.74) is 5.74. The molecule has 9 heteroatoms. The fourth-order valence-electron chi connectivity index (χ4n) is 6.57. The van der Waals surface area contributed by atoms with Gasteiger partial charge >= 0.3 is 5.97 Å². The van der Waals surface area contributed by atoms with Gasteiger partial charge in [-0.2, -0.15) is 0 Å². The van der Waals surface area contributed by atoms with Crippen molar-refractivity contribution in [3.05, 3.63) is 118 Å². The lowest BCUT2D eigenvalue weighted by molar-refractivity contribution is -0.160. The summed E-state index contributed by atoms with van der Waals surface area (Å²) in [6.07, 6.45) is 0.679. The summed E-state index contributed by atoms with van der Waals surface area (Å²) in [4.78, 5) is 35.3. The van der Waals surface area contributed by atoms with Gasteiger partial charge in [-0.15, -0.1) is 0 Å². The number of rotatable bonds is 10. The maximum atomic E-state index is 14.1. The predicted octanol–water partition coefficient (Wildman–Crippen LogP) is 9.05. The zero-order valence-electron chi connectivity index (χ0n) is 30.0. The third-order valence-corrected chi connectivity index (χ3v) is 9.23. The van der Waals surface area contributed by atoms with Crippen molar-refractivity contribution in [2.24, 2.45) is 5.41 Å². The Morgan fingerprint density at radius 1 is 0.900 bits per heavy atom. The van der Waals surface area contributed by atoms with Crippen LogP contribution in [-0.2, 0) is 22.6 Å². The fourth-order valence-corrected chi connectivity index (χ4v) is 6.57. The molecule has 3 aromatic carbocycles. The van der Waals surface area contributed by atoms with E-state index in [1.165, 1.54) is 30.3 Å². The number of aliphatic carboxylic acids is 1. The number of benzene rings is 3. The van der Waals surface area contributed by atoms with E-state index in [2.05, 4.69) is 18.7 Å². The molecule has 5 rings (SSSR count). The highest BCUT2D eigenvalue weighted by molar-refractivity contribution is 5.94. The van der Waals surface area contributed by atoms with Crippen molar-refractivity contribution in [2.45, 2.75) is 86.1 Å². The molecule has 0 radical (unpaired) electrons. The van der Waals surface area contributed by atoms with Gasteiger partial charge in [0.15, 0.2) is 6.10 Å². The Labute approximate surface area is 293 Å². The highest BCUT2D eigenvalue weighted by atomic mass is 19.1. The average Bonchev–Trinajstić information content (AvgIpc) is 3.04. The molecule has 1 saturated heterocycles. The molecule has 1 N–H and O–H groups in total. The van der Waals surface area contributed by atoms with Gasteiger partial charge in [0.25, 0.3) is 5.91 Å². The van der Waals surface area contributed by atoms with Crippen molar-refractivity contribution in [3.8, 4) is 11.1 Å². The molecule has 7 nitrogen and oxygen atoms in total. The number of hydrogen-bond donors (Lipinski definition) is 1. The monoisotopic (exact) mass is 683 g/mol. The number of halogens is 2. The Hall–Kier alpha value is -4.63. The molecule has 1 amide bonds. The minimum Gasteiger partial charge on any atom is -0.479 e. The quantitative estimate of drug-likeness (QED) is 0.180. The smallest absolute Gasteiger partial charge is 0.337 e. The minimum atomic E-state index is -1.22. The number of anilines is 1. The molecular formula is C41H47F2N3O4. The lowest BCUT2D eigenvalue weighted by Gasteiger charge is -2.41. The average molecular weight is 684 g/mol. The summed E-state index contributed by atoms with van der Waals surface area (Å²) < 4.78 is 34.0. The van der Waals surface area contributed by atoms with Gasteiger partial charge in [0.1, 0.15) is 11.6 Å². The predicted molar refractivity (Wildman–Crippen MR) is 192 cm³/mol. The molecule has 0 aliphatic carbocycles. The number of carbonyl (C=O) groups is 2. The van der Waals surface area contributed by atoms with Gasteiger partial charge in [-0.3, -0.25) is 9.78 Å². The molecule has 1 aromatic heterocycles. The number of carbonyl (C=O) groups excluding carboxylic acids is 1. The second-order valence-electron chi connectivity index (χ2n) is 15.0. The summed E-state index contributed by atoms with van der Waals surface area (Å²) in [6.45, 7) is 15.8. The second-order valence-corrected chi connectivity index (χ2v) is 15.0. The summed E-state index contributed by atoms with van der Waals surface area (Å²) in [5, 5.41) is 10.5. The van der Waals surface area contributed by atoms with Crippen LogP contribution in [0.3, 0.4) is 0 Å². The van der Waals surface area contributed by atoms with E-state index < -0.39 is 23.5 Å². The van der Waals surface area contributed by atoms with E-state index in [1.807, 2.05) is 58.9 Å². The first-order chi connectivity index (χ1) is 23.5. The van der Waals surface area contributed by atoms with Crippen LogP contribution >= 0.6 is 0 Å². The third-order valence-electron chi connectivity index (χ3n) is 9.23. The van der Waals surface area contributed by atoms with Crippen LogP contribution in [-0.4, -0.2) is 45.6 Å².